The van der Waals surface area contributed by atoms with Crippen molar-refractivity contribution in [2.45, 2.75) is 84.8 Å². The molecule has 1 aliphatic rings. The number of fused-ring (bicyclic) bond motifs is 2. The van der Waals surface area contributed by atoms with E-state index in [1.165, 1.54) is 62.7 Å². The minimum Gasteiger partial charge on any atom is -0.477 e. The number of aryl methyl sites for hydroxylation is 2. The zero-order chi connectivity index (χ0) is 30.3. The van der Waals surface area contributed by atoms with Crippen molar-refractivity contribution in [3.8, 4) is 0 Å². The van der Waals surface area contributed by atoms with Gasteiger partial charge >= 0.3 is 5.97 Å². The fourth-order valence-electron chi connectivity index (χ4n) is 6.30. The SMILES string of the molecule is CCCCCCCCCCn1c(CN2CCN(c3cc4c(cc3F)c(=O)c(C(=O)O)cn4CC)CC2)nc2ccccc21. The highest BCUT2D eigenvalue weighted by Gasteiger charge is 2.24. The summed E-state index contributed by atoms with van der Waals surface area (Å²) in [6.07, 6.45) is 11.6. The summed E-state index contributed by atoms with van der Waals surface area (Å²) in [6.45, 7) is 9.12. The summed E-state index contributed by atoms with van der Waals surface area (Å²) in [5, 5.41) is 9.53. The number of carbonyl (C=O) groups is 1. The molecule has 8 nitrogen and oxygen atoms in total. The molecule has 230 valence electrons. The van der Waals surface area contributed by atoms with Crippen molar-refractivity contribution in [2.75, 3.05) is 31.1 Å². The van der Waals surface area contributed by atoms with E-state index >= 15 is 4.39 Å². The molecule has 2 aromatic heterocycles. The number of carboxylic acid groups (broad SMARTS) is 1. The predicted octanol–water partition coefficient (Wildman–Crippen LogP) is 6.67. The molecule has 0 bridgehead atoms. The zero-order valence-corrected chi connectivity index (χ0v) is 25.5. The number of anilines is 1. The van der Waals surface area contributed by atoms with Crippen LogP contribution in [0, 0.1) is 5.82 Å². The summed E-state index contributed by atoms with van der Waals surface area (Å²) in [7, 11) is 0. The van der Waals surface area contributed by atoms with E-state index in [-0.39, 0.29) is 10.9 Å². The molecule has 3 heterocycles. The van der Waals surface area contributed by atoms with Crippen molar-refractivity contribution in [3.63, 3.8) is 0 Å². The van der Waals surface area contributed by atoms with E-state index in [2.05, 4.69) is 34.6 Å². The lowest BCUT2D eigenvalue weighted by Crippen LogP contribution is -2.46. The Morgan fingerprint density at radius 3 is 2.33 bits per heavy atom. The number of pyridine rings is 1. The largest absolute Gasteiger partial charge is 0.477 e. The molecule has 1 aliphatic heterocycles. The number of aromatic nitrogens is 3. The summed E-state index contributed by atoms with van der Waals surface area (Å²) >= 11 is 0. The molecule has 9 heteroatoms. The van der Waals surface area contributed by atoms with Crippen LogP contribution in [0.2, 0.25) is 0 Å². The van der Waals surface area contributed by atoms with Crippen molar-refractivity contribution in [2.24, 2.45) is 0 Å². The van der Waals surface area contributed by atoms with Gasteiger partial charge in [0.15, 0.2) is 0 Å². The normalized spacial score (nSPS) is 14.3. The number of unbranched alkanes of at least 4 members (excludes halogenated alkanes) is 7. The van der Waals surface area contributed by atoms with Crippen molar-refractivity contribution in [3.05, 3.63) is 70.0 Å². The molecule has 0 atom stereocenters. The van der Waals surface area contributed by atoms with Gasteiger partial charge in [0, 0.05) is 50.9 Å². The Labute approximate surface area is 252 Å². The number of hydrogen-bond acceptors (Lipinski definition) is 5. The number of benzene rings is 2. The molecule has 5 rings (SSSR count). The van der Waals surface area contributed by atoms with Crippen LogP contribution < -0.4 is 10.3 Å². The Hall–Kier alpha value is -3.72. The van der Waals surface area contributed by atoms with Crippen molar-refractivity contribution in [1.82, 2.24) is 19.0 Å². The van der Waals surface area contributed by atoms with Crippen LogP contribution >= 0.6 is 0 Å². The zero-order valence-electron chi connectivity index (χ0n) is 25.5. The third-order valence-corrected chi connectivity index (χ3v) is 8.77. The van der Waals surface area contributed by atoms with Gasteiger partial charge in [-0.2, -0.15) is 0 Å². The van der Waals surface area contributed by atoms with E-state index in [1.54, 1.807) is 10.6 Å². The first kappa shape index (κ1) is 30.7. The van der Waals surface area contributed by atoms with Gasteiger partial charge in [0.2, 0.25) is 5.43 Å². The van der Waals surface area contributed by atoms with Crippen LogP contribution in [0.25, 0.3) is 21.9 Å². The number of nitrogens with zero attached hydrogens (tertiary/aromatic N) is 5. The third-order valence-electron chi connectivity index (χ3n) is 8.77. The van der Waals surface area contributed by atoms with Gasteiger partial charge in [-0.05, 0) is 37.6 Å². The fourth-order valence-corrected chi connectivity index (χ4v) is 6.30. The Morgan fingerprint density at radius 2 is 1.63 bits per heavy atom. The number of rotatable bonds is 14. The minimum absolute atomic E-state index is 0.0945. The van der Waals surface area contributed by atoms with E-state index < -0.39 is 17.2 Å². The predicted molar refractivity (Wildman–Crippen MR) is 171 cm³/mol. The number of carboxylic acids is 1. The van der Waals surface area contributed by atoms with Crippen LogP contribution in [-0.2, 0) is 19.6 Å². The van der Waals surface area contributed by atoms with Crippen LogP contribution in [-0.4, -0.2) is 56.3 Å². The van der Waals surface area contributed by atoms with Crippen LogP contribution in [0.5, 0.6) is 0 Å². The molecule has 4 aromatic rings. The van der Waals surface area contributed by atoms with E-state index in [4.69, 9.17) is 4.98 Å². The lowest BCUT2D eigenvalue weighted by Gasteiger charge is -2.36. The average molecular weight is 590 g/mol. The monoisotopic (exact) mass is 589 g/mol. The first-order valence-corrected chi connectivity index (χ1v) is 15.9. The highest BCUT2D eigenvalue weighted by atomic mass is 19.1. The molecule has 2 aromatic carbocycles. The average Bonchev–Trinajstić information content (AvgIpc) is 3.35. The molecule has 1 N–H and O–H groups in total. The molecular formula is C34H44FN5O3. The smallest absolute Gasteiger partial charge is 0.341 e. The van der Waals surface area contributed by atoms with Crippen molar-refractivity contribution < 1.29 is 14.3 Å². The molecular weight excluding hydrogens is 545 g/mol. The fraction of sp³-hybridized carbons (Fsp3) is 0.500. The van der Waals surface area contributed by atoms with Gasteiger partial charge in [-0.3, -0.25) is 9.69 Å². The topological polar surface area (TPSA) is 83.6 Å². The molecule has 0 amide bonds. The number of hydrogen-bond donors (Lipinski definition) is 1. The lowest BCUT2D eigenvalue weighted by molar-refractivity contribution is 0.0695. The second kappa shape index (κ2) is 14.2. The first-order valence-electron chi connectivity index (χ1n) is 15.9. The van der Waals surface area contributed by atoms with Gasteiger partial charge in [-0.25, -0.2) is 14.2 Å². The van der Waals surface area contributed by atoms with Crippen molar-refractivity contribution >= 4 is 33.6 Å². The second-order valence-corrected chi connectivity index (χ2v) is 11.7. The lowest BCUT2D eigenvalue weighted by atomic mass is 10.1. The van der Waals surface area contributed by atoms with Crippen LogP contribution in [0.4, 0.5) is 10.1 Å². The number of piperazine rings is 1. The van der Waals surface area contributed by atoms with E-state index in [9.17, 15) is 14.7 Å². The van der Waals surface area contributed by atoms with Crippen LogP contribution in [0.1, 0.15) is 81.4 Å². The maximum absolute atomic E-state index is 15.4. The summed E-state index contributed by atoms with van der Waals surface area (Å²) in [5.41, 5.74) is 2.21. The Kier molecular flexibility index (Phi) is 10.1. The molecule has 43 heavy (non-hydrogen) atoms. The maximum atomic E-state index is 15.4. The number of halogens is 1. The molecule has 0 unspecified atom stereocenters. The molecule has 0 saturated carbocycles. The van der Waals surface area contributed by atoms with E-state index in [0.29, 0.717) is 30.8 Å². The van der Waals surface area contributed by atoms with Crippen LogP contribution in [0.15, 0.2) is 47.4 Å². The van der Waals surface area contributed by atoms with Crippen molar-refractivity contribution in [1.29, 1.82) is 0 Å². The Balaban J connectivity index is 1.25. The summed E-state index contributed by atoms with van der Waals surface area (Å²) in [5.74, 6) is -0.730. The van der Waals surface area contributed by atoms with Gasteiger partial charge in [0.1, 0.15) is 17.2 Å². The van der Waals surface area contributed by atoms with Crippen LogP contribution in [0.3, 0.4) is 0 Å². The molecule has 0 spiro atoms. The van der Waals surface area contributed by atoms with Gasteiger partial charge in [-0.15, -0.1) is 0 Å². The Bertz CT molecular complexity index is 1620. The standard InChI is InChI=1S/C34H44FN5O3/c1-3-5-6-7-8-9-10-13-16-40-29-15-12-11-14-28(29)36-32(40)24-37-17-19-39(20-18-37)31-22-30-25(21-27(31)35)33(41)26(34(42)43)23-38(30)4-2/h11-12,14-15,21-23H,3-10,13,16-20,24H2,1-2H3,(H,42,43). The molecule has 1 fully saturated rings. The third kappa shape index (κ3) is 6.93. The number of para-hydroxylation sites is 2. The molecule has 0 radical (unpaired) electrons. The first-order chi connectivity index (χ1) is 20.9. The summed E-state index contributed by atoms with van der Waals surface area (Å²) in [6, 6.07) is 11.3. The van der Waals surface area contributed by atoms with Gasteiger partial charge in [0.25, 0.3) is 0 Å². The minimum atomic E-state index is -1.30. The number of aromatic carboxylic acids is 1. The van der Waals surface area contributed by atoms with Gasteiger partial charge in [0.05, 0.1) is 28.8 Å². The highest BCUT2D eigenvalue weighted by Crippen LogP contribution is 2.27. The maximum Gasteiger partial charge on any atom is 0.341 e. The number of imidazole rings is 1. The molecule has 1 saturated heterocycles. The molecule has 0 aliphatic carbocycles. The second-order valence-electron chi connectivity index (χ2n) is 11.7. The van der Waals surface area contributed by atoms with E-state index in [1.807, 2.05) is 17.9 Å². The summed E-state index contributed by atoms with van der Waals surface area (Å²) in [4.78, 5) is 33.7. The highest BCUT2D eigenvalue weighted by molar-refractivity contribution is 5.93. The summed E-state index contributed by atoms with van der Waals surface area (Å²) < 4.78 is 19.4. The quantitative estimate of drug-likeness (QED) is 0.165. The van der Waals surface area contributed by atoms with Gasteiger partial charge in [-0.1, -0.05) is 64.0 Å². The van der Waals surface area contributed by atoms with Gasteiger partial charge < -0.3 is 19.1 Å². The Morgan fingerprint density at radius 1 is 0.930 bits per heavy atom. The van der Waals surface area contributed by atoms with E-state index in [0.717, 1.165) is 43.9 Å².